The Hall–Kier alpha value is -2.58. The largest absolute Gasteiger partial charge is 0.506 e. The average molecular weight is 350 g/mol. The van der Waals surface area contributed by atoms with Crippen LogP contribution in [0.2, 0.25) is 0 Å². The Labute approximate surface area is 139 Å². The number of hydrogen-bond donors (Lipinski definition) is 4. The van der Waals surface area contributed by atoms with Crippen molar-refractivity contribution in [3.63, 3.8) is 0 Å². The molecule has 24 heavy (non-hydrogen) atoms. The predicted octanol–water partition coefficient (Wildman–Crippen LogP) is 1.26. The van der Waals surface area contributed by atoms with Gasteiger partial charge < -0.3 is 15.9 Å². The Balaban J connectivity index is 2.23. The van der Waals surface area contributed by atoms with E-state index in [-0.39, 0.29) is 22.8 Å². The molecule has 7 nitrogen and oxygen atoms in total. The predicted molar refractivity (Wildman–Crippen MR) is 89.1 cm³/mol. The highest BCUT2D eigenvalue weighted by Gasteiger charge is 2.25. The standard InChI is InChI=1S/C16H18N2O5S/c1-10-2-5-12(6-3-10)24(22,23)18-14(16(20)21)9-11-4-7-15(19)13(17)8-11/h2-8,14,18-19H,9,17H2,1H3,(H,20,21). The van der Waals surface area contributed by atoms with E-state index in [0.717, 1.165) is 5.56 Å². The van der Waals surface area contributed by atoms with Crippen molar-refractivity contribution < 1.29 is 23.4 Å². The molecule has 2 rings (SSSR count). The molecule has 0 spiro atoms. The number of rotatable bonds is 6. The molecule has 0 heterocycles. The molecule has 2 aromatic carbocycles. The first-order valence-electron chi connectivity index (χ1n) is 7.08. The summed E-state index contributed by atoms with van der Waals surface area (Å²) >= 11 is 0. The van der Waals surface area contributed by atoms with Crippen molar-refractivity contribution in [1.82, 2.24) is 4.72 Å². The molecule has 1 atom stereocenters. The second-order valence-electron chi connectivity index (χ2n) is 5.42. The van der Waals surface area contributed by atoms with E-state index >= 15 is 0 Å². The lowest BCUT2D eigenvalue weighted by molar-refractivity contribution is -0.138. The molecule has 0 aliphatic rings. The lowest BCUT2D eigenvalue weighted by Gasteiger charge is -2.15. The monoisotopic (exact) mass is 350 g/mol. The van der Waals surface area contributed by atoms with Crippen LogP contribution in [0.25, 0.3) is 0 Å². The second kappa shape index (κ2) is 6.90. The van der Waals surface area contributed by atoms with Gasteiger partial charge in [-0.2, -0.15) is 4.72 Å². The quantitative estimate of drug-likeness (QED) is 0.458. The molecule has 0 aromatic heterocycles. The molecule has 0 saturated carbocycles. The fourth-order valence-electron chi connectivity index (χ4n) is 2.12. The molecule has 2 aromatic rings. The van der Waals surface area contributed by atoms with Crippen LogP contribution in [0.15, 0.2) is 47.4 Å². The molecule has 1 unspecified atom stereocenters. The number of aromatic hydroxyl groups is 1. The zero-order chi connectivity index (χ0) is 17.9. The van der Waals surface area contributed by atoms with E-state index < -0.39 is 22.0 Å². The number of nitrogen functional groups attached to an aromatic ring is 1. The Morgan fingerprint density at radius 1 is 1.21 bits per heavy atom. The Kier molecular flexibility index (Phi) is 5.10. The van der Waals surface area contributed by atoms with Gasteiger partial charge in [0.1, 0.15) is 11.8 Å². The van der Waals surface area contributed by atoms with Crippen LogP contribution in [-0.4, -0.2) is 30.6 Å². The zero-order valence-electron chi connectivity index (χ0n) is 12.9. The molecule has 5 N–H and O–H groups in total. The van der Waals surface area contributed by atoms with E-state index in [2.05, 4.69) is 4.72 Å². The number of phenols is 1. The third-order valence-electron chi connectivity index (χ3n) is 3.46. The Bertz CT molecular complexity index is 847. The molecular weight excluding hydrogens is 332 g/mol. The first-order valence-corrected chi connectivity index (χ1v) is 8.56. The highest BCUT2D eigenvalue weighted by molar-refractivity contribution is 7.89. The van der Waals surface area contributed by atoms with Gasteiger partial charge in [0, 0.05) is 0 Å². The Morgan fingerprint density at radius 2 is 1.83 bits per heavy atom. The Morgan fingerprint density at radius 3 is 2.38 bits per heavy atom. The lowest BCUT2D eigenvalue weighted by atomic mass is 10.1. The van der Waals surface area contributed by atoms with Gasteiger partial charge >= 0.3 is 5.97 Å². The number of sulfonamides is 1. The number of carboxylic acid groups (broad SMARTS) is 1. The van der Waals surface area contributed by atoms with Gasteiger partial charge in [0.05, 0.1) is 10.6 Å². The van der Waals surface area contributed by atoms with Crippen LogP contribution in [-0.2, 0) is 21.2 Å². The third kappa shape index (κ3) is 4.24. The van der Waals surface area contributed by atoms with Crippen molar-refractivity contribution >= 4 is 21.7 Å². The third-order valence-corrected chi connectivity index (χ3v) is 4.95. The highest BCUT2D eigenvalue weighted by atomic mass is 32.2. The summed E-state index contributed by atoms with van der Waals surface area (Å²) in [5.74, 6) is -1.43. The number of nitrogens with one attached hydrogen (secondary N) is 1. The number of nitrogens with two attached hydrogens (primary N) is 1. The molecule has 0 radical (unpaired) electrons. The van der Waals surface area contributed by atoms with Crippen LogP contribution in [0.4, 0.5) is 5.69 Å². The molecule has 0 amide bonds. The second-order valence-corrected chi connectivity index (χ2v) is 7.14. The van der Waals surface area contributed by atoms with Crippen LogP contribution in [0.5, 0.6) is 5.75 Å². The van der Waals surface area contributed by atoms with Crippen molar-refractivity contribution in [3.05, 3.63) is 53.6 Å². The highest BCUT2D eigenvalue weighted by Crippen LogP contribution is 2.21. The van der Waals surface area contributed by atoms with Crippen LogP contribution in [0, 0.1) is 6.92 Å². The first kappa shape index (κ1) is 17.8. The number of phenolic OH excluding ortho intramolecular Hbond substituents is 1. The van der Waals surface area contributed by atoms with Gasteiger partial charge in [-0.1, -0.05) is 23.8 Å². The summed E-state index contributed by atoms with van der Waals surface area (Å²) in [5, 5.41) is 18.7. The summed E-state index contributed by atoms with van der Waals surface area (Å²) in [7, 11) is -3.97. The summed E-state index contributed by atoms with van der Waals surface area (Å²) in [5.41, 5.74) is 7.05. The van der Waals surface area contributed by atoms with E-state index in [4.69, 9.17) is 5.73 Å². The number of hydrogen-bond acceptors (Lipinski definition) is 5. The number of aryl methyl sites for hydroxylation is 1. The van der Waals surface area contributed by atoms with E-state index in [1.54, 1.807) is 12.1 Å². The van der Waals surface area contributed by atoms with E-state index in [1.165, 1.54) is 30.3 Å². The average Bonchev–Trinajstić information content (AvgIpc) is 2.50. The maximum Gasteiger partial charge on any atom is 0.322 e. The van der Waals surface area contributed by atoms with Gasteiger partial charge in [0.25, 0.3) is 0 Å². The van der Waals surface area contributed by atoms with Gasteiger partial charge in [0.15, 0.2) is 0 Å². The summed E-state index contributed by atoms with van der Waals surface area (Å²) < 4.78 is 26.8. The van der Waals surface area contributed by atoms with Crippen LogP contribution in [0.3, 0.4) is 0 Å². The van der Waals surface area contributed by atoms with Crippen molar-refractivity contribution in [2.45, 2.75) is 24.3 Å². The number of benzene rings is 2. The minimum Gasteiger partial charge on any atom is -0.506 e. The van der Waals surface area contributed by atoms with Gasteiger partial charge in [-0.3, -0.25) is 4.79 Å². The zero-order valence-corrected chi connectivity index (χ0v) is 13.7. The number of carbonyl (C=O) groups is 1. The lowest BCUT2D eigenvalue weighted by Crippen LogP contribution is -2.42. The summed E-state index contributed by atoms with van der Waals surface area (Å²) in [6.45, 7) is 1.82. The summed E-state index contributed by atoms with van der Waals surface area (Å²) in [4.78, 5) is 11.4. The van der Waals surface area contributed by atoms with Crippen molar-refractivity contribution in [1.29, 1.82) is 0 Å². The fraction of sp³-hybridized carbons (Fsp3) is 0.188. The molecule has 0 aliphatic heterocycles. The number of carboxylic acids is 1. The summed E-state index contributed by atoms with van der Waals surface area (Å²) in [6.07, 6.45) is -0.106. The van der Waals surface area contributed by atoms with E-state index in [0.29, 0.717) is 5.56 Å². The molecule has 128 valence electrons. The molecule has 0 bridgehead atoms. The van der Waals surface area contributed by atoms with Crippen molar-refractivity contribution in [3.8, 4) is 5.75 Å². The minimum atomic E-state index is -3.97. The molecule has 0 saturated heterocycles. The van der Waals surface area contributed by atoms with Gasteiger partial charge in [-0.05, 0) is 43.2 Å². The SMILES string of the molecule is Cc1ccc(S(=O)(=O)NC(Cc2ccc(O)c(N)c2)C(=O)O)cc1. The molecule has 0 aliphatic carbocycles. The van der Waals surface area contributed by atoms with Crippen molar-refractivity contribution in [2.24, 2.45) is 0 Å². The maximum atomic E-state index is 12.3. The molecule has 8 heteroatoms. The van der Waals surface area contributed by atoms with Crippen LogP contribution >= 0.6 is 0 Å². The van der Waals surface area contributed by atoms with Gasteiger partial charge in [-0.25, -0.2) is 8.42 Å². The fourth-order valence-corrected chi connectivity index (χ4v) is 3.31. The van der Waals surface area contributed by atoms with E-state index in [9.17, 15) is 23.4 Å². The number of aliphatic carboxylic acids is 1. The summed E-state index contributed by atoms with van der Waals surface area (Å²) in [6, 6.07) is 8.95. The smallest absolute Gasteiger partial charge is 0.322 e. The minimum absolute atomic E-state index is 0.00966. The topological polar surface area (TPSA) is 130 Å². The first-order chi connectivity index (χ1) is 11.2. The molecular formula is C16H18N2O5S. The molecule has 0 fully saturated rings. The van der Waals surface area contributed by atoms with E-state index in [1.807, 2.05) is 6.92 Å². The van der Waals surface area contributed by atoms with Gasteiger partial charge in [0.2, 0.25) is 10.0 Å². The van der Waals surface area contributed by atoms with Crippen LogP contribution < -0.4 is 10.5 Å². The maximum absolute atomic E-state index is 12.3. The normalized spacial score (nSPS) is 12.7. The number of anilines is 1. The van der Waals surface area contributed by atoms with Crippen molar-refractivity contribution in [2.75, 3.05) is 5.73 Å². The van der Waals surface area contributed by atoms with Crippen LogP contribution in [0.1, 0.15) is 11.1 Å². The van der Waals surface area contributed by atoms with Gasteiger partial charge in [-0.15, -0.1) is 0 Å².